The maximum Gasteiger partial charge on any atom is 0.0208 e. The van der Waals surface area contributed by atoms with Crippen LogP contribution in [0.3, 0.4) is 0 Å². The zero-order chi connectivity index (χ0) is 12.4. The first-order valence-corrected chi connectivity index (χ1v) is 7.21. The van der Waals surface area contributed by atoms with Crippen molar-refractivity contribution in [2.45, 2.75) is 52.4 Å². The van der Waals surface area contributed by atoms with Crippen LogP contribution in [0.2, 0.25) is 0 Å². The molecular formula is C19H24. The van der Waals surface area contributed by atoms with Crippen molar-refractivity contribution in [3.05, 3.63) is 52.6 Å². The summed E-state index contributed by atoms with van der Waals surface area (Å²) < 4.78 is 0. The van der Waals surface area contributed by atoms with E-state index in [1.165, 1.54) is 31.2 Å². The van der Waals surface area contributed by atoms with Crippen LogP contribution in [0.15, 0.2) is 35.9 Å². The molecule has 0 aromatic heterocycles. The minimum Gasteiger partial charge on any atom is -0.0776 e. The van der Waals surface area contributed by atoms with Crippen LogP contribution < -0.4 is 0 Å². The summed E-state index contributed by atoms with van der Waals surface area (Å²) >= 11 is 0. The van der Waals surface area contributed by atoms with Crippen LogP contribution in [0.1, 0.15) is 57.2 Å². The summed E-state index contributed by atoms with van der Waals surface area (Å²) in [6.45, 7) is 4.83. The lowest BCUT2D eigenvalue weighted by atomic mass is 9.46. The van der Waals surface area contributed by atoms with Crippen molar-refractivity contribution in [1.29, 1.82) is 0 Å². The summed E-state index contributed by atoms with van der Waals surface area (Å²) in [5.41, 5.74) is 7.23. The SMILES string of the molecule is C.CCCC12CC3=CC=Cc4cccc(c4C31C)C2. The predicted molar refractivity (Wildman–Crippen MR) is 83.3 cm³/mol. The number of benzene rings is 1. The van der Waals surface area contributed by atoms with E-state index in [1.807, 2.05) is 0 Å². The normalized spacial score (nSPS) is 32.8. The zero-order valence-corrected chi connectivity index (χ0v) is 11.3. The highest BCUT2D eigenvalue weighted by molar-refractivity contribution is 5.70. The maximum absolute atomic E-state index is 2.50. The molecule has 1 fully saturated rings. The van der Waals surface area contributed by atoms with Gasteiger partial charge in [0.25, 0.3) is 0 Å². The molecule has 2 unspecified atom stereocenters. The first-order valence-electron chi connectivity index (χ1n) is 7.21. The third-order valence-corrected chi connectivity index (χ3v) is 5.75. The molecule has 0 radical (unpaired) electrons. The Balaban J connectivity index is 0.00000110. The number of hydrogen-bond acceptors (Lipinski definition) is 0. The molecule has 100 valence electrons. The van der Waals surface area contributed by atoms with Crippen LogP contribution in [0.4, 0.5) is 0 Å². The van der Waals surface area contributed by atoms with Gasteiger partial charge < -0.3 is 0 Å². The van der Waals surface area contributed by atoms with Gasteiger partial charge in [-0.25, -0.2) is 0 Å². The molecule has 1 aromatic carbocycles. The Hall–Kier alpha value is -1.30. The summed E-state index contributed by atoms with van der Waals surface area (Å²) in [6.07, 6.45) is 12.2. The highest BCUT2D eigenvalue weighted by Gasteiger charge is 2.63. The van der Waals surface area contributed by atoms with Crippen molar-refractivity contribution in [1.82, 2.24) is 0 Å². The van der Waals surface area contributed by atoms with Crippen LogP contribution in [-0.4, -0.2) is 0 Å². The molecule has 0 amide bonds. The molecule has 0 aliphatic heterocycles. The zero-order valence-electron chi connectivity index (χ0n) is 11.3. The molecule has 0 saturated heterocycles. The van der Waals surface area contributed by atoms with Gasteiger partial charge in [-0.2, -0.15) is 0 Å². The number of hydrogen-bond donors (Lipinski definition) is 0. The van der Waals surface area contributed by atoms with Gasteiger partial charge in [0.1, 0.15) is 0 Å². The molecule has 0 nitrogen and oxygen atoms in total. The fourth-order valence-electron chi connectivity index (χ4n) is 4.90. The summed E-state index contributed by atoms with van der Waals surface area (Å²) in [7, 11) is 0. The average molecular weight is 252 g/mol. The van der Waals surface area contributed by atoms with Crippen LogP contribution in [0.5, 0.6) is 0 Å². The van der Waals surface area contributed by atoms with Gasteiger partial charge in [-0.1, -0.05) is 69.7 Å². The van der Waals surface area contributed by atoms with Crippen LogP contribution in [0, 0.1) is 5.41 Å². The van der Waals surface area contributed by atoms with E-state index in [0.717, 1.165) is 0 Å². The lowest BCUT2D eigenvalue weighted by molar-refractivity contribution is 0.0845. The van der Waals surface area contributed by atoms with E-state index >= 15 is 0 Å². The van der Waals surface area contributed by atoms with Crippen LogP contribution in [0.25, 0.3) is 6.08 Å². The Morgan fingerprint density at radius 2 is 2.05 bits per heavy atom. The van der Waals surface area contributed by atoms with E-state index < -0.39 is 0 Å². The first kappa shape index (κ1) is 12.7. The molecule has 19 heavy (non-hydrogen) atoms. The van der Waals surface area contributed by atoms with Gasteiger partial charge in [-0.15, -0.1) is 0 Å². The topological polar surface area (TPSA) is 0 Å². The van der Waals surface area contributed by atoms with Gasteiger partial charge in [-0.3, -0.25) is 0 Å². The minimum absolute atomic E-state index is 0. The largest absolute Gasteiger partial charge is 0.0776 e. The van der Waals surface area contributed by atoms with E-state index in [4.69, 9.17) is 0 Å². The second-order valence-corrected chi connectivity index (χ2v) is 6.44. The van der Waals surface area contributed by atoms with Gasteiger partial charge >= 0.3 is 0 Å². The monoisotopic (exact) mass is 252 g/mol. The van der Waals surface area contributed by atoms with Crippen LogP contribution >= 0.6 is 0 Å². The highest BCUT2D eigenvalue weighted by atomic mass is 14.7. The number of rotatable bonds is 2. The summed E-state index contributed by atoms with van der Waals surface area (Å²) in [5.74, 6) is 0. The first-order chi connectivity index (χ1) is 8.71. The molecular weight excluding hydrogens is 228 g/mol. The molecule has 0 bridgehead atoms. The van der Waals surface area contributed by atoms with Crippen molar-refractivity contribution in [2.75, 3.05) is 0 Å². The van der Waals surface area contributed by atoms with E-state index in [0.29, 0.717) is 10.8 Å². The summed E-state index contributed by atoms with van der Waals surface area (Å²) in [4.78, 5) is 0. The van der Waals surface area contributed by atoms with Gasteiger partial charge in [0.05, 0.1) is 0 Å². The Bertz CT molecular complexity index is 590. The second-order valence-electron chi connectivity index (χ2n) is 6.44. The van der Waals surface area contributed by atoms with Gasteiger partial charge in [0.2, 0.25) is 0 Å². The second kappa shape index (κ2) is 3.85. The molecule has 3 aliphatic carbocycles. The fraction of sp³-hybridized carbons (Fsp3) is 0.474. The molecule has 1 aromatic rings. The molecule has 1 saturated carbocycles. The fourth-order valence-corrected chi connectivity index (χ4v) is 4.90. The van der Waals surface area contributed by atoms with Gasteiger partial charge in [-0.05, 0) is 41.4 Å². The smallest absolute Gasteiger partial charge is 0.0208 e. The third kappa shape index (κ3) is 1.25. The van der Waals surface area contributed by atoms with Crippen LogP contribution in [-0.2, 0) is 11.8 Å². The molecule has 0 heterocycles. The minimum atomic E-state index is 0. The van der Waals surface area contributed by atoms with Gasteiger partial charge in [0, 0.05) is 5.41 Å². The summed E-state index contributed by atoms with van der Waals surface area (Å²) in [6, 6.07) is 6.88. The molecule has 0 spiro atoms. The number of allylic oxidation sites excluding steroid dienone is 3. The Morgan fingerprint density at radius 1 is 1.21 bits per heavy atom. The Kier molecular flexibility index (Phi) is 2.58. The quantitative estimate of drug-likeness (QED) is 0.671. The molecule has 2 atom stereocenters. The highest BCUT2D eigenvalue weighted by Crippen LogP contribution is 2.70. The predicted octanol–water partition coefficient (Wildman–Crippen LogP) is 5.28. The Morgan fingerprint density at radius 3 is 2.84 bits per heavy atom. The Labute approximate surface area is 117 Å². The maximum atomic E-state index is 2.50. The lowest BCUT2D eigenvalue weighted by Crippen LogP contribution is -2.52. The molecule has 0 heteroatoms. The molecule has 3 aliphatic rings. The summed E-state index contributed by atoms with van der Waals surface area (Å²) in [5, 5.41) is 0. The van der Waals surface area contributed by atoms with Crippen molar-refractivity contribution >= 4 is 6.08 Å². The average Bonchev–Trinajstić information content (AvgIpc) is 2.47. The van der Waals surface area contributed by atoms with E-state index in [2.05, 4.69) is 50.3 Å². The molecule has 0 N–H and O–H groups in total. The van der Waals surface area contributed by atoms with Crippen molar-refractivity contribution < 1.29 is 0 Å². The third-order valence-electron chi connectivity index (χ3n) is 5.75. The van der Waals surface area contributed by atoms with Gasteiger partial charge in [0.15, 0.2) is 0 Å². The molecule has 4 rings (SSSR count). The van der Waals surface area contributed by atoms with E-state index in [-0.39, 0.29) is 7.43 Å². The van der Waals surface area contributed by atoms with Crippen molar-refractivity contribution in [3.8, 4) is 0 Å². The van der Waals surface area contributed by atoms with E-state index in [9.17, 15) is 0 Å². The van der Waals surface area contributed by atoms with E-state index in [1.54, 1.807) is 16.7 Å². The van der Waals surface area contributed by atoms with Crippen molar-refractivity contribution in [2.24, 2.45) is 5.41 Å². The standard InChI is InChI=1S/C18H20.CH4/c1-3-10-18-11-14-8-4-6-13-7-5-9-15(12-18)17(18,2)16(13)14;/h4-9H,3,10-12H2,1-2H3;1H4. The van der Waals surface area contributed by atoms with Crippen molar-refractivity contribution in [3.63, 3.8) is 0 Å². The lowest BCUT2D eigenvalue weighted by Gasteiger charge is -2.57.